The van der Waals surface area contributed by atoms with Crippen LogP contribution < -0.4 is 4.90 Å². The third-order valence-corrected chi connectivity index (χ3v) is 7.77. The van der Waals surface area contributed by atoms with Crippen LogP contribution >= 0.6 is 22.9 Å². The van der Waals surface area contributed by atoms with Crippen molar-refractivity contribution in [3.8, 4) is 0 Å². The Balaban J connectivity index is 1.79. The van der Waals surface area contributed by atoms with Crippen LogP contribution in [0.3, 0.4) is 0 Å². The Hall–Kier alpha value is -0.910. The third kappa shape index (κ3) is 3.70. The summed E-state index contributed by atoms with van der Waals surface area (Å²) in [6.07, 6.45) is 7.76. The molecule has 2 atom stereocenters. The average molecular weight is 408 g/mol. The lowest BCUT2D eigenvalue weighted by Gasteiger charge is -2.37. The number of anilines is 1. The van der Waals surface area contributed by atoms with E-state index in [0.717, 1.165) is 42.9 Å². The number of nitrogens with zero attached hydrogens (tertiary/aromatic N) is 3. The highest BCUT2D eigenvalue weighted by atomic mass is 35.5. The molecule has 1 N–H and O–H groups in total. The van der Waals surface area contributed by atoms with E-state index in [1.54, 1.807) is 0 Å². The molecule has 148 valence electrons. The summed E-state index contributed by atoms with van der Waals surface area (Å²) < 4.78 is 0. The number of hydrogen-bond acceptors (Lipinski definition) is 5. The lowest BCUT2D eigenvalue weighted by atomic mass is 9.72. The molecule has 0 spiro atoms. The minimum atomic E-state index is 0.220. The first kappa shape index (κ1) is 19.4. The summed E-state index contributed by atoms with van der Waals surface area (Å²) in [6, 6.07) is 0.347. The molecule has 2 unspecified atom stereocenters. The number of aliphatic hydroxyl groups excluding tert-OH is 1. The van der Waals surface area contributed by atoms with Crippen LogP contribution in [0, 0.1) is 11.3 Å². The quantitative estimate of drug-likeness (QED) is 0.707. The summed E-state index contributed by atoms with van der Waals surface area (Å²) in [5.74, 6) is 1.72. The topological polar surface area (TPSA) is 49.2 Å². The van der Waals surface area contributed by atoms with E-state index < -0.39 is 0 Å². The van der Waals surface area contributed by atoms with Crippen molar-refractivity contribution >= 4 is 39.0 Å². The van der Waals surface area contributed by atoms with Gasteiger partial charge >= 0.3 is 0 Å². The molecule has 4 nitrogen and oxygen atoms in total. The highest BCUT2D eigenvalue weighted by Crippen LogP contribution is 2.46. The van der Waals surface area contributed by atoms with Crippen LogP contribution in [-0.2, 0) is 12.8 Å². The molecule has 6 heteroatoms. The van der Waals surface area contributed by atoms with Gasteiger partial charge in [-0.05, 0) is 73.4 Å². The van der Waals surface area contributed by atoms with E-state index in [1.807, 2.05) is 11.3 Å². The molecule has 0 aromatic carbocycles. The van der Waals surface area contributed by atoms with Crippen molar-refractivity contribution in [3.63, 3.8) is 0 Å². The summed E-state index contributed by atoms with van der Waals surface area (Å²) in [5, 5.41) is 11.1. The second kappa shape index (κ2) is 7.49. The van der Waals surface area contributed by atoms with E-state index in [9.17, 15) is 5.11 Å². The van der Waals surface area contributed by atoms with Gasteiger partial charge in [0.15, 0.2) is 0 Å². The number of piperidine rings is 1. The van der Waals surface area contributed by atoms with Gasteiger partial charge in [-0.1, -0.05) is 20.8 Å². The molecule has 27 heavy (non-hydrogen) atoms. The van der Waals surface area contributed by atoms with Crippen LogP contribution in [-0.4, -0.2) is 34.3 Å². The molecular weight excluding hydrogens is 378 g/mol. The summed E-state index contributed by atoms with van der Waals surface area (Å²) in [6.45, 7) is 8.27. The maximum absolute atomic E-state index is 9.53. The molecule has 4 rings (SSSR count). The number of fused-ring (bicyclic) bond motifs is 3. The summed E-state index contributed by atoms with van der Waals surface area (Å²) in [5.41, 5.74) is 1.79. The van der Waals surface area contributed by atoms with Crippen molar-refractivity contribution in [3.05, 3.63) is 15.7 Å². The maximum Gasteiger partial charge on any atom is 0.225 e. The number of aliphatic hydroxyl groups is 1. The average Bonchev–Trinajstić information content (AvgIpc) is 2.98. The summed E-state index contributed by atoms with van der Waals surface area (Å²) in [4.78, 5) is 14.2. The van der Waals surface area contributed by atoms with E-state index in [4.69, 9.17) is 16.6 Å². The molecule has 2 aromatic heterocycles. The van der Waals surface area contributed by atoms with Crippen molar-refractivity contribution in [2.75, 3.05) is 18.1 Å². The number of aromatic nitrogens is 2. The van der Waals surface area contributed by atoms with Crippen molar-refractivity contribution in [2.45, 2.75) is 71.8 Å². The molecule has 1 aliphatic carbocycles. The zero-order valence-corrected chi connectivity index (χ0v) is 18.2. The molecule has 3 heterocycles. The van der Waals surface area contributed by atoms with Crippen molar-refractivity contribution in [2.24, 2.45) is 11.3 Å². The Kier molecular flexibility index (Phi) is 5.38. The standard InChI is InChI=1S/C21H30ClN3OS/c1-21(2,3)13-7-8-15-16(12-13)27-19-17(15)18(23-20(22)24-19)25-10-5-4-6-14(25)9-11-26/h13-14,26H,4-12H2,1-3H3. The van der Waals surface area contributed by atoms with Crippen LogP contribution in [0.1, 0.15) is 63.3 Å². The molecule has 0 bridgehead atoms. The van der Waals surface area contributed by atoms with Crippen LogP contribution in [0.15, 0.2) is 0 Å². The Labute approximate surface area is 171 Å². The second-order valence-electron chi connectivity index (χ2n) is 9.16. The number of hydrogen-bond donors (Lipinski definition) is 1. The largest absolute Gasteiger partial charge is 0.396 e. The van der Waals surface area contributed by atoms with Gasteiger partial charge in [0.2, 0.25) is 5.28 Å². The van der Waals surface area contributed by atoms with Crippen LogP contribution in [0.2, 0.25) is 5.28 Å². The summed E-state index contributed by atoms with van der Waals surface area (Å²) in [7, 11) is 0. The summed E-state index contributed by atoms with van der Waals surface area (Å²) >= 11 is 8.16. The SMILES string of the molecule is CC(C)(C)C1CCc2c(sc3nc(Cl)nc(N4CCCCC4CCO)c23)C1. The van der Waals surface area contributed by atoms with Crippen molar-refractivity contribution < 1.29 is 5.11 Å². The van der Waals surface area contributed by atoms with Gasteiger partial charge in [0, 0.05) is 24.1 Å². The van der Waals surface area contributed by atoms with E-state index in [2.05, 4.69) is 30.7 Å². The van der Waals surface area contributed by atoms with Gasteiger partial charge in [0.1, 0.15) is 10.6 Å². The zero-order valence-electron chi connectivity index (χ0n) is 16.6. The fourth-order valence-corrected chi connectivity index (χ4v) is 6.32. The maximum atomic E-state index is 9.53. The smallest absolute Gasteiger partial charge is 0.225 e. The number of halogens is 1. The fourth-order valence-electron chi connectivity index (χ4n) is 4.81. The highest BCUT2D eigenvalue weighted by molar-refractivity contribution is 7.19. The van der Waals surface area contributed by atoms with Gasteiger partial charge in [-0.3, -0.25) is 0 Å². The minimum absolute atomic E-state index is 0.220. The zero-order chi connectivity index (χ0) is 19.2. The lowest BCUT2D eigenvalue weighted by Crippen LogP contribution is -2.41. The van der Waals surface area contributed by atoms with Gasteiger partial charge < -0.3 is 10.0 Å². The number of thiophene rings is 1. The molecule has 0 amide bonds. The number of aryl methyl sites for hydroxylation is 1. The lowest BCUT2D eigenvalue weighted by molar-refractivity contribution is 0.218. The molecule has 1 saturated heterocycles. The monoisotopic (exact) mass is 407 g/mol. The van der Waals surface area contributed by atoms with Gasteiger partial charge in [-0.25, -0.2) is 4.98 Å². The first-order chi connectivity index (χ1) is 12.9. The van der Waals surface area contributed by atoms with Crippen LogP contribution in [0.4, 0.5) is 5.82 Å². The predicted octanol–water partition coefficient (Wildman–Crippen LogP) is 5.24. The first-order valence-corrected chi connectivity index (χ1v) is 11.4. The van der Waals surface area contributed by atoms with Gasteiger partial charge in [-0.2, -0.15) is 4.98 Å². The highest BCUT2D eigenvalue weighted by Gasteiger charge is 2.33. The molecule has 0 radical (unpaired) electrons. The van der Waals surface area contributed by atoms with Crippen LogP contribution in [0.5, 0.6) is 0 Å². The molecular formula is C21H30ClN3OS. The van der Waals surface area contributed by atoms with E-state index in [0.29, 0.717) is 22.7 Å². The molecule has 1 aliphatic heterocycles. The first-order valence-electron chi connectivity index (χ1n) is 10.2. The molecule has 2 aliphatic rings. The molecule has 0 saturated carbocycles. The Morgan fingerprint density at radius 1 is 1.22 bits per heavy atom. The number of rotatable bonds is 3. The van der Waals surface area contributed by atoms with Crippen molar-refractivity contribution in [1.29, 1.82) is 0 Å². The minimum Gasteiger partial charge on any atom is -0.396 e. The van der Waals surface area contributed by atoms with Crippen LogP contribution in [0.25, 0.3) is 10.2 Å². The fraction of sp³-hybridized carbons (Fsp3) is 0.714. The van der Waals surface area contributed by atoms with E-state index >= 15 is 0 Å². The Morgan fingerprint density at radius 2 is 2.04 bits per heavy atom. The van der Waals surface area contributed by atoms with E-state index in [1.165, 1.54) is 35.1 Å². The molecule has 1 fully saturated rings. The van der Waals surface area contributed by atoms with Gasteiger partial charge in [0.25, 0.3) is 0 Å². The predicted molar refractivity (Wildman–Crippen MR) is 114 cm³/mol. The van der Waals surface area contributed by atoms with Gasteiger partial charge in [0.05, 0.1) is 5.39 Å². The van der Waals surface area contributed by atoms with Crippen molar-refractivity contribution in [1.82, 2.24) is 9.97 Å². The van der Waals surface area contributed by atoms with E-state index in [-0.39, 0.29) is 6.61 Å². The Bertz CT molecular complexity index is 827. The molecule has 2 aromatic rings. The van der Waals surface area contributed by atoms with Gasteiger partial charge in [-0.15, -0.1) is 11.3 Å². The Morgan fingerprint density at radius 3 is 2.78 bits per heavy atom. The second-order valence-corrected chi connectivity index (χ2v) is 10.6. The normalized spacial score (nSPS) is 23.7. The third-order valence-electron chi connectivity index (χ3n) is 6.45.